The van der Waals surface area contributed by atoms with Crippen molar-refractivity contribution in [1.82, 2.24) is 5.32 Å². The highest BCUT2D eigenvalue weighted by Gasteiger charge is 2.29. The lowest BCUT2D eigenvalue weighted by molar-refractivity contribution is -0.126. The average Bonchev–Trinajstić information content (AvgIpc) is 2.23. The van der Waals surface area contributed by atoms with Crippen LogP contribution >= 0.6 is 0 Å². The fourth-order valence-corrected chi connectivity index (χ4v) is 1.51. The van der Waals surface area contributed by atoms with Gasteiger partial charge in [-0.1, -0.05) is 33.1 Å². The molecule has 4 nitrogen and oxygen atoms in total. The van der Waals surface area contributed by atoms with Crippen molar-refractivity contribution >= 4 is 5.91 Å². The van der Waals surface area contributed by atoms with Gasteiger partial charge >= 0.3 is 0 Å². The Morgan fingerprint density at radius 1 is 1.31 bits per heavy atom. The van der Waals surface area contributed by atoms with Gasteiger partial charge in [-0.2, -0.15) is 0 Å². The zero-order valence-corrected chi connectivity index (χ0v) is 10.8. The van der Waals surface area contributed by atoms with E-state index in [0.717, 1.165) is 6.42 Å². The summed E-state index contributed by atoms with van der Waals surface area (Å²) in [6.45, 7) is 7.67. The Morgan fingerprint density at radius 3 is 2.50 bits per heavy atom. The van der Waals surface area contributed by atoms with Crippen LogP contribution < -0.4 is 11.1 Å². The molecule has 0 spiro atoms. The Balaban J connectivity index is 3.73. The van der Waals surface area contributed by atoms with Crippen LogP contribution in [-0.4, -0.2) is 31.2 Å². The molecule has 0 aromatic rings. The van der Waals surface area contributed by atoms with Crippen LogP contribution in [0.15, 0.2) is 0 Å². The predicted octanol–water partition coefficient (Wildman–Crippen LogP) is 1.44. The van der Waals surface area contributed by atoms with Crippen molar-refractivity contribution in [2.75, 3.05) is 19.8 Å². The van der Waals surface area contributed by atoms with E-state index in [1.807, 2.05) is 6.92 Å². The second-order valence-electron chi connectivity index (χ2n) is 4.34. The molecule has 0 saturated carbocycles. The van der Waals surface area contributed by atoms with Crippen molar-refractivity contribution in [1.29, 1.82) is 0 Å². The molecule has 0 fully saturated rings. The molecule has 0 aliphatic carbocycles. The van der Waals surface area contributed by atoms with Gasteiger partial charge in [-0.05, 0) is 19.9 Å². The van der Waals surface area contributed by atoms with Gasteiger partial charge in [0.2, 0.25) is 5.91 Å². The molecule has 1 amide bonds. The highest BCUT2D eigenvalue weighted by molar-refractivity contribution is 5.84. The van der Waals surface area contributed by atoms with Crippen molar-refractivity contribution in [3.63, 3.8) is 0 Å². The summed E-state index contributed by atoms with van der Waals surface area (Å²) in [5, 5.41) is 3.06. The fourth-order valence-electron chi connectivity index (χ4n) is 1.51. The summed E-state index contributed by atoms with van der Waals surface area (Å²) in [6, 6.07) is 0. The van der Waals surface area contributed by atoms with Crippen LogP contribution in [0.3, 0.4) is 0 Å². The Kier molecular flexibility index (Phi) is 8.21. The van der Waals surface area contributed by atoms with E-state index in [9.17, 15) is 4.79 Å². The Morgan fingerprint density at radius 2 is 2.00 bits per heavy atom. The molecule has 0 aromatic heterocycles. The zero-order valence-electron chi connectivity index (χ0n) is 10.8. The molecule has 1 atom stereocenters. The third kappa shape index (κ3) is 6.08. The number of rotatable bonds is 10. The molecule has 0 radical (unpaired) electrons. The van der Waals surface area contributed by atoms with Crippen molar-refractivity contribution in [3.05, 3.63) is 0 Å². The van der Waals surface area contributed by atoms with Gasteiger partial charge in [0.05, 0.1) is 6.61 Å². The van der Waals surface area contributed by atoms with Gasteiger partial charge in [-0.3, -0.25) is 4.79 Å². The Labute approximate surface area is 98.9 Å². The fraction of sp³-hybridized carbons (Fsp3) is 0.917. The third-order valence-electron chi connectivity index (χ3n) is 2.64. The monoisotopic (exact) mass is 230 g/mol. The summed E-state index contributed by atoms with van der Waals surface area (Å²) >= 11 is 0. The second-order valence-corrected chi connectivity index (χ2v) is 4.34. The van der Waals surface area contributed by atoms with Crippen molar-refractivity contribution in [2.24, 2.45) is 5.73 Å². The van der Waals surface area contributed by atoms with Crippen LogP contribution in [0, 0.1) is 0 Å². The van der Waals surface area contributed by atoms with E-state index in [0.29, 0.717) is 19.8 Å². The number of hydrogen-bond acceptors (Lipinski definition) is 3. The van der Waals surface area contributed by atoms with Crippen molar-refractivity contribution in [3.8, 4) is 0 Å². The molecule has 0 rings (SSSR count). The standard InChI is InChI=1S/C12H26N2O2/c1-4-6-7-8-9-16-10-12(3,11(13)15)14-5-2/h14H,4-10H2,1-3H3,(H2,13,15). The molecule has 16 heavy (non-hydrogen) atoms. The summed E-state index contributed by atoms with van der Waals surface area (Å²) in [7, 11) is 0. The minimum absolute atomic E-state index is 0.350. The number of hydrogen-bond donors (Lipinski definition) is 2. The van der Waals surface area contributed by atoms with Crippen molar-refractivity contribution < 1.29 is 9.53 Å². The number of ether oxygens (including phenoxy) is 1. The SMILES string of the molecule is CCCCCCOCC(C)(NCC)C(N)=O. The predicted molar refractivity (Wildman–Crippen MR) is 66.2 cm³/mol. The number of unbranched alkanes of at least 4 members (excludes halogenated alkanes) is 3. The van der Waals surface area contributed by atoms with Crippen LogP contribution in [0.25, 0.3) is 0 Å². The smallest absolute Gasteiger partial charge is 0.239 e. The van der Waals surface area contributed by atoms with Gasteiger partial charge in [-0.15, -0.1) is 0 Å². The molecule has 0 heterocycles. The second kappa shape index (κ2) is 8.53. The summed E-state index contributed by atoms with van der Waals surface area (Å²) in [4.78, 5) is 11.3. The first-order valence-corrected chi connectivity index (χ1v) is 6.19. The van der Waals surface area contributed by atoms with Crippen LogP contribution in [0.4, 0.5) is 0 Å². The van der Waals surface area contributed by atoms with Crippen LogP contribution in [0.5, 0.6) is 0 Å². The number of nitrogens with one attached hydrogen (secondary N) is 1. The molecular weight excluding hydrogens is 204 g/mol. The molecule has 3 N–H and O–H groups in total. The molecule has 0 aromatic carbocycles. The van der Waals surface area contributed by atoms with E-state index in [1.165, 1.54) is 19.3 Å². The summed E-state index contributed by atoms with van der Waals surface area (Å²) < 4.78 is 5.50. The number of nitrogens with two attached hydrogens (primary N) is 1. The van der Waals surface area contributed by atoms with Crippen LogP contribution in [-0.2, 0) is 9.53 Å². The van der Waals surface area contributed by atoms with Crippen LogP contribution in [0.2, 0.25) is 0 Å². The number of carbonyl (C=O) groups excluding carboxylic acids is 1. The molecule has 0 aliphatic rings. The molecular formula is C12H26N2O2. The average molecular weight is 230 g/mol. The molecule has 4 heteroatoms. The quantitative estimate of drug-likeness (QED) is 0.558. The van der Waals surface area contributed by atoms with Crippen LogP contribution in [0.1, 0.15) is 46.5 Å². The summed E-state index contributed by atoms with van der Waals surface area (Å²) in [5.41, 5.74) is 4.60. The lowest BCUT2D eigenvalue weighted by atomic mass is 10.0. The Bertz CT molecular complexity index is 197. The summed E-state index contributed by atoms with van der Waals surface area (Å²) in [6.07, 6.45) is 4.69. The molecule has 0 saturated heterocycles. The maximum atomic E-state index is 11.3. The topological polar surface area (TPSA) is 64.3 Å². The number of amides is 1. The molecule has 96 valence electrons. The van der Waals surface area contributed by atoms with E-state index in [4.69, 9.17) is 10.5 Å². The van der Waals surface area contributed by atoms with E-state index in [1.54, 1.807) is 6.92 Å². The largest absolute Gasteiger partial charge is 0.379 e. The number of likely N-dealkylation sites (N-methyl/N-ethyl adjacent to an activating group) is 1. The maximum absolute atomic E-state index is 11.3. The Hall–Kier alpha value is -0.610. The highest BCUT2D eigenvalue weighted by atomic mass is 16.5. The summed E-state index contributed by atoms with van der Waals surface area (Å²) in [5.74, 6) is -0.358. The van der Waals surface area contributed by atoms with Gasteiger partial charge in [0, 0.05) is 6.61 Å². The van der Waals surface area contributed by atoms with Gasteiger partial charge in [0.15, 0.2) is 0 Å². The number of primary amides is 1. The molecule has 0 bridgehead atoms. The van der Waals surface area contributed by atoms with Gasteiger partial charge in [0.1, 0.15) is 5.54 Å². The molecule has 1 unspecified atom stereocenters. The zero-order chi connectivity index (χ0) is 12.4. The lowest BCUT2D eigenvalue weighted by Crippen LogP contribution is -2.56. The number of carbonyl (C=O) groups is 1. The lowest BCUT2D eigenvalue weighted by Gasteiger charge is -2.26. The first-order valence-electron chi connectivity index (χ1n) is 6.19. The highest BCUT2D eigenvalue weighted by Crippen LogP contribution is 2.05. The first kappa shape index (κ1) is 15.4. The normalized spacial score (nSPS) is 14.7. The van der Waals surface area contributed by atoms with E-state index in [2.05, 4.69) is 12.2 Å². The maximum Gasteiger partial charge on any atom is 0.239 e. The minimum atomic E-state index is -0.737. The van der Waals surface area contributed by atoms with E-state index < -0.39 is 5.54 Å². The van der Waals surface area contributed by atoms with E-state index >= 15 is 0 Å². The third-order valence-corrected chi connectivity index (χ3v) is 2.64. The minimum Gasteiger partial charge on any atom is -0.379 e. The van der Waals surface area contributed by atoms with Gasteiger partial charge in [-0.25, -0.2) is 0 Å². The van der Waals surface area contributed by atoms with Gasteiger partial charge < -0.3 is 15.8 Å². The van der Waals surface area contributed by atoms with Crippen molar-refractivity contribution in [2.45, 2.75) is 52.0 Å². The molecule has 0 aliphatic heterocycles. The first-order chi connectivity index (χ1) is 7.56. The van der Waals surface area contributed by atoms with E-state index in [-0.39, 0.29) is 5.91 Å². The van der Waals surface area contributed by atoms with Gasteiger partial charge in [0.25, 0.3) is 0 Å².